The van der Waals surface area contributed by atoms with Crippen LogP contribution in [-0.4, -0.2) is 4.98 Å². The van der Waals surface area contributed by atoms with Gasteiger partial charge in [0, 0.05) is 27.7 Å². The molecule has 51 heavy (non-hydrogen) atoms. The average molecular weight is 671 g/mol. The van der Waals surface area contributed by atoms with Gasteiger partial charge in [-0.25, -0.2) is 4.98 Å². The highest BCUT2D eigenvalue weighted by atomic mass is 32.1. The molecule has 0 bridgehead atoms. The summed E-state index contributed by atoms with van der Waals surface area (Å²) in [5.41, 5.74) is 11.7. The van der Waals surface area contributed by atoms with Crippen LogP contribution in [0.15, 0.2) is 186 Å². The largest absolute Gasteiger partial charge is 0.454 e. The Morgan fingerprint density at radius 2 is 1.08 bits per heavy atom. The molecule has 3 nitrogen and oxygen atoms in total. The smallest absolute Gasteiger partial charge is 0.159 e. The molecule has 0 spiro atoms. The molecule has 0 aliphatic heterocycles. The molecule has 10 rings (SSSR count). The first-order valence-corrected chi connectivity index (χ1v) is 17.9. The molecule has 0 radical (unpaired) electrons. The van der Waals surface area contributed by atoms with E-state index in [1.165, 1.54) is 33.0 Å². The van der Waals surface area contributed by atoms with E-state index < -0.39 is 0 Å². The van der Waals surface area contributed by atoms with Crippen molar-refractivity contribution in [3.8, 4) is 32.8 Å². The third kappa shape index (κ3) is 5.16. The highest BCUT2D eigenvalue weighted by molar-refractivity contribution is 7.22. The van der Waals surface area contributed by atoms with E-state index >= 15 is 0 Å². The minimum Gasteiger partial charge on any atom is -0.454 e. The van der Waals surface area contributed by atoms with E-state index in [-0.39, 0.29) is 0 Å². The van der Waals surface area contributed by atoms with Crippen LogP contribution in [0.25, 0.3) is 75.8 Å². The van der Waals surface area contributed by atoms with Gasteiger partial charge in [-0.1, -0.05) is 140 Å². The monoisotopic (exact) mass is 670 g/mol. The van der Waals surface area contributed by atoms with Gasteiger partial charge < -0.3 is 9.32 Å². The topological polar surface area (TPSA) is 29.3 Å². The molecular formula is C47H30N2OS. The number of thiazole rings is 1. The number of hydrogen-bond acceptors (Lipinski definition) is 4. The number of rotatable bonds is 6. The third-order valence-electron chi connectivity index (χ3n) is 9.70. The lowest BCUT2D eigenvalue weighted by Crippen LogP contribution is -2.10. The molecule has 0 atom stereocenters. The Morgan fingerprint density at radius 1 is 0.471 bits per heavy atom. The maximum absolute atomic E-state index is 6.81. The van der Waals surface area contributed by atoms with Crippen molar-refractivity contribution in [2.24, 2.45) is 0 Å². The van der Waals surface area contributed by atoms with Gasteiger partial charge >= 0.3 is 0 Å². The summed E-state index contributed by atoms with van der Waals surface area (Å²) in [6.45, 7) is 0. The van der Waals surface area contributed by atoms with Crippen molar-refractivity contribution >= 4 is 71.3 Å². The second kappa shape index (κ2) is 12.1. The van der Waals surface area contributed by atoms with Crippen molar-refractivity contribution < 1.29 is 4.42 Å². The Bertz CT molecular complexity index is 2840. The number of hydrogen-bond donors (Lipinski definition) is 0. The molecule has 0 saturated heterocycles. The summed E-state index contributed by atoms with van der Waals surface area (Å²) < 4.78 is 7.95. The van der Waals surface area contributed by atoms with Gasteiger partial charge in [0.15, 0.2) is 5.58 Å². The molecule has 4 heteroatoms. The Hall–Kier alpha value is -6.49. The average Bonchev–Trinajstić information content (AvgIpc) is 3.81. The number of fused-ring (bicyclic) bond motifs is 6. The predicted octanol–water partition coefficient (Wildman–Crippen LogP) is 13.8. The first-order chi connectivity index (χ1) is 25.3. The standard InChI is InChI=1S/C47H30N2OS/c1-3-10-31(11-4-1)34-18-20-36(21-19-34)47-48-41-28-29-43-44(46(41)51-47)40-16-9-17-42(45(40)50-43)49(39-27-24-33-14-7-8-15-37(33)30-39)38-25-22-35(23-26-38)32-12-5-2-6-13-32/h1-30H. The van der Waals surface area contributed by atoms with E-state index in [9.17, 15) is 0 Å². The van der Waals surface area contributed by atoms with Crippen molar-refractivity contribution in [1.82, 2.24) is 4.98 Å². The number of anilines is 3. The fourth-order valence-corrected chi connectivity index (χ4v) is 8.29. The van der Waals surface area contributed by atoms with E-state index in [1.807, 2.05) is 6.07 Å². The van der Waals surface area contributed by atoms with Crippen molar-refractivity contribution in [1.29, 1.82) is 0 Å². The highest BCUT2D eigenvalue weighted by Gasteiger charge is 2.22. The number of aromatic nitrogens is 1. The molecule has 0 aliphatic rings. The van der Waals surface area contributed by atoms with Crippen LogP contribution in [0.1, 0.15) is 0 Å². The zero-order valence-corrected chi connectivity index (χ0v) is 28.3. The third-order valence-corrected chi connectivity index (χ3v) is 10.8. The predicted molar refractivity (Wildman–Crippen MR) is 215 cm³/mol. The Balaban J connectivity index is 1.12. The van der Waals surface area contributed by atoms with Crippen LogP contribution >= 0.6 is 11.3 Å². The first kappa shape index (κ1) is 29.4. The summed E-state index contributed by atoms with van der Waals surface area (Å²) >= 11 is 1.72. The lowest BCUT2D eigenvalue weighted by molar-refractivity contribution is 0.669. The molecule has 10 aromatic rings. The van der Waals surface area contributed by atoms with Crippen molar-refractivity contribution in [3.05, 3.63) is 182 Å². The molecule has 2 heterocycles. The van der Waals surface area contributed by atoms with Crippen LogP contribution in [0.2, 0.25) is 0 Å². The lowest BCUT2D eigenvalue weighted by atomic mass is 10.0. The molecule has 0 saturated carbocycles. The van der Waals surface area contributed by atoms with Gasteiger partial charge in [0.05, 0.1) is 15.9 Å². The van der Waals surface area contributed by atoms with Crippen molar-refractivity contribution in [2.45, 2.75) is 0 Å². The van der Waals surface area contributed by atoms with Crippen LogP contribution in [0.5, 0.6) is 0 Å². The van der Waals surface area contributed by atoms with E-state index in [2.05, 4.69) is 181 Å². The summed E-state index contributed by atoms with van der Waals surface area (Å²) in [5, 5.41) is 5.58. The van der Waals surface area contributed by atoms with Gasteiger partial charge in [-0.2, -0.15) is 0 Å². The number of benzene rings is 8. The first-order valence-electron chi connectivity index (χ1n) is 17.1. The molecule has 8 aromatic carbocycles. The maximum atomic E-state index is 6.81. The molecule has 0 fully saturated rings. The second-order valence-corrected chi connectivity index (χ2v) is 13.8. The zero-order valence-electron chi connectivity index (χ0n) is 27.5. The molecule has 2 aromatic heterocycles. The summed E-state index contributed by atoms with van der Waals surface area (Å²) in [7, 11) is 0. The SMILES string of the molecule is c1ccc(-c2ccc(-c3nc4ccc5oc6c(N(c7ccc(-c8ccccc8)cc7)c7ccc8ccccc8c7)cccc6c5c4s3)cc2)cc1. The fraction of sp³-hybridized carbons (Fsp3) is 0. The van der Waals surface area contributed by atoms with Crippen LogP contribution in [0.4, 0.5) is 17.1 Å². The van der Waals surface area contributed by atoms with Gasteiger partial charge in [0.1, 0.15) is 10.6 Å². The summed E-state index contributed by atoms with van der Waals surface area (Å²) in [4.78, 5) is 7.42. The molecular weight excluding hydrogens is 641 g/mol. The molecule has 0 N–H and O–H groups in total. The van der Waals surface area contributed by atoms with Gasteiger partial charge in [-0.15, -0.1) is 11.3 Å². The van der Waals surface area contributed by atoms with E-state index in [0.29, 0.717) is 0 Å². The number of furan rings is 1. The lowest BCUT2D eigenvalue weighted by Gasteiger charge is -2.26. The summed E-state index contributed by atoms with van der Waals surface area (Å²) in [6, 6.07) is 64.3. The Kier molecular flexibility index (Phi) is 7.00. The van der Waals surface area contributed by atoms with Crippen LogP contribution in [0.3, 0.4) is 0 Å². The van der Waals surface area contributed by atoms with Gasteiger partial charge in [0.25, 0.3) is 0 Å². The zero-order chi connectivity index (χ0) is 33.7. The molecule has 0 aliphatic carbocycles. The van der Waals surface area contributed by atoms with E-state index in [4.69, 9.17) is 9.40 Å². The van der Waals surface area contributed by atoms with Crippen molar-refractivity contribution in [2.75, 3.05) is 4.90 Å². The minimum atomic E-state index is 0.849. The van der Waals surface area contributed by atoms with E-state index in [0.717, 1.165) is 59.8 Å². The quantitative estimate of drug-likeness (QED) is 0.176. The fourth-order valence-electron chi connectivity index (χ4n) is 7.16. The molecule has 240 valence electrons. The highest BCUT2D eigenvalue weighted by Crippen LogP contribution is 2.46. The van der Waals surface area contributed by atoms with Crippen molar-refractivity contribution in [3.63, 3.8) is 0 Å². The van der Waals surface area contributed by atoms with Gasteiger partial charge in [0.2, 0.25) is 0 Å². The van der Waals surface area contributed by atoms with Crippen LogP contribution in [-0.2, 0) is 0 Å². The van der Waals surface area contributed by atoms with E-state index in [1.54, 1.807) is 11.3 Å². The normalized spacial score (nSPS) is 11.5. The summed E-state index contributed by atoms with van der Waals surface area (Å²) in [6.07, 6.45) is 0. The minimum absolute atomic E-state index is 0.849. The molecule has 0 amide bonds. The van der Waals surface area contributed by atoms with Crippen LogP contribution in [0, 0.1) is 0 Å². The summed E-state index contributed by atoms with van der Waals surface area (Å²) in [5.74, 6) is 0. The molecule has 0 unspecified atom stereocenters. The number of para-hydroxylation sites is 1. The number of nitrogens with zero attached hydrogens (tertiary/aromatic N) is 2. The second-order valence-electron chi connectivity index (χ2n) is 12.8. The van der Waals surface area contributed by atoms with Gasteiger partial charge in [-0.3, -0.25) is 0 Å². The van der Waals surface area contributed by atoms with Crippen LogP contribution < -0.4 is 4.90 Å². The Labute approximate surface area is 299 Å². The van der Waals surface area contributed by atoms with Gasteiger partial charge in [-0.05, 0) is 75.5 Å². The Morgan fingerprint density at radius 3 is 1.80 bits per heavy atom. The maximum Gasteiger partial charge on any atom is 0.159 e.